The summed E-state index contributed by atoms with van der Waals surface area (Å²) in [5.74, 6) is 1.10. The number of ether oxygens (including phenoxy) is 2. The molecule has 0 aliphatic carbocycles. The van der Waals surface area contributed by atoms with Crippen molar-refractivity contribution in [3.05, 3.63) is 83.9 Å². The number of amides is 2. The number of hydrogen-bond acceptors (Lipinski definition) is 4. The van der Waals surface area contributed by atoms with Crippen molar-refractivity contribution in [1.82, 2.24) is 0 Å². The Morgan fingerprint density at radius 2 is 1.88 bits per heavy atom. The molecule has 1 unspecified atom stereocenters. The summed E-state index contributed by atoms with van der Waals surface area (Å²) in [5.41, 5.74) is 3.35. The van der Waals surface area contributed by atoms with Gasteiger partial charge >= 0.3 is 0 Å². The number of anilines is 2. The highest BCUT2D eigenvalue weighted by molar-refractivity contribution is 6.00. The number of nitrogens with one attached hydrogen (secondary N) is 1. The number of nitrogens with zero attached hydrogens (tertiary/aromatic N) is 1. The lowest BCUT2D eigenvalue weighted by Gasteiger charge is -2.33. The van der Waals surface area contributed by atoms with Crippen LogP contribution in [0.4, 0.5) is 11.4 Å². The first-order chi connectivity index (χ1) is 15.5. The Balaban J connectivity index is 1.43. The van der Waals surface area contributed by atoms with Gasteiger partial charge < -0.3 is 19.7 Å². The lowest BCUT2D eigenvalue weighted by molar-refractivity contribution is -0.125. The molecule has 1 aliphatic heterocycles. The fourth-order valence-corrected chi connectivity index (χ4v) is 3.67. The van der Waals surface area contributed by atoms with Crippen LogP contribution in [0, 0.1) is 6.92 Å². The van der Waals surface area contributed by atoms with E-state index in [1.165, 1.54) is 0 Å². The molecule has 0 spiro atoms. The van der Waals surface area contributed by atoms with Crippen LogP contribution in [-0.4, -0.2) is 31.1 Å². The van der Waals surface area contributed by atoms with E-state index in [1.54, 1.807) is 30.0 Å². The molecule has 164 valence electrons. The topological polar surface area (TPSA) is 67.9 Å². The van der Waals surface area contributed by atoms with Crippen LogP contribution in [-0.2, 0) is 16.0 Å². The van der Waals surface area contributed by atoms with Gasteiger partial charge in [-0.15, -0.1) is 0 Å². The molecule has 0 radical (unpaired) electrons. The van der Waals surface area contributed by atoms with Crippen molar-refractivity contribution < 1.29 is 19.1 Å². The molecule has 0 bridgehead atoms. The number of rotatable bonds is 7. The molecule has 32 heavy (non-hydrogen) atoms. The number of carbonyl (C=O) groups excluding carboxylic acids is 2. The van der Waals surface area contributed by atoms with Crippen LogP contribution in [0.15, 0.2) is 72.8 Å². The molecular formula is C26H26N2O4. The average Bonchev–Trinajstić information content (AvgIpc) is 2.77. The van der Waals surface area contributed by atoms with Crippen LogP contribution >= 0.6 is 0 Å². The maximum absolute atomic E-state index is 12.7. The smallest absolute Gasteiger partial charge is 0.267 e. The zero-order valence-corrected chi connectivity index (χ0v) is 18.2. The quantitative estimate of drug-likeness (QED) is 0.604. The number of carbonyl (C=O) groups is 2. The number of fused-ring (bicyclic) bond motifs is 1. The van der Waals surface area contributed by atoms with E-state index in [-0.39, 0.29) is 18.2 Å². The first kappa shape index (κ1) is 21.4. The van der Waals surface area contributed by atoms with Crippen LogP contribution in [0.3, 0.4) is 0 Å². The second-order valence-electron chi connectivity index (χ2n) is 7.81. The summed E-state index contributed by atoms with van der Waals surface area (Å²) in [7, 11) is 0. The van der Waals surface area contributed by atoms with Crippen LogP contribution < -0.4 is 19.7 Å². The summed E-state index contributed by atoms with van der Waals surface area (Å²) in [6.45, 7) is 4.48. The molecule has 0 saturated carbocycles. The number of hydrogen-bond donors (Lipinski definition) is 1. The Morgan fingerprint density at radius 1 is 1.06 bits per heavy atom. The first-order valence-corrected chi connectivity index (χ1v) is 10.6. The van der Waals surface area contributed by atoms with Crippen molar-refractivity contribution in [3.63, 3.8) is 0 Å². The zero-order valence-electron chi connectivity index (χ0n) is 18.2. The van der Waals surface area contributed by atoms with Gasteiger partial charge in [-0.3, -0.25) is 9.59 Å². The summed E-state index contributed by atoms with van der Waals surface area (Å²) < 4.78 is 11.6. The van der Waals surface area contributed by atoms with Crippen LogP contribution in [0.1, 0.15) is 18.1 Å². The maximum atomic E-state index is 12.7. The summed E-state index contributed by atoms with van der Waals surface area (Å²) in [4.78, 5) is 26.8. The van der Waals surface area contributed by atoms with Gasteiger partial charge in [0.05, 0.1) is 18.7 Å². The Hall–Kier alpha value is -3.80. The minimum absolute atomic E-state index is 0.112. The molecule has 2 amide bonds. The third-order valence-electron chi connectivity index (χ3n) is 5.23. The van der Waals surface area contributed by atoms with E-state index in [1.807, 2.05) is 61.5 Å². The fraction of sp³-hybridized carbons (Fsp3) is 0.231. The molecule has 1 heterocycles. The monoisotopic (exact) mass is 430 g/mol. The van der Waals surface area contributed by atoms with Crippen molar-refractivity contribution in [1.29, 1.82) is 0 Å². The van der Waals surface area contributed by atoms with Gasteiger partial charge in [-0.2, -0.15) is 0 Å². The molecular weight excluding hydrogens is 404 g/mol. The molecule has 1 aliphatic rings. The Labute approximate surface area is 187 Å². The summed E-state index contributed by atoms with van der Waals surface area (Å²) in [6.07, 6.45) is -0.326. The summed E-state index contributed by atoms with van der Waals surface area (Å²) in [5, 5.41) is 2.90. The molecule has 4 rings (SSSR count). The van der Waals surface area contributed by atoms with Gasteiger partial charge in [-0.25, -0.2) is 0 Å². The van der Waals surface area contributed by atoms with Crippen LogP contribution in [0.2, 0.25) is 0 Å². The van der Waals surface area contributed by atoms with Gasteiger partial charge in [0.25, 0.3) is 5.91 Å². The molecule has 0 saturated heterocycles. The van der Waals surface area contributed by atoms with Gasteiger partial charge in [0.1, 0.15) is 18.1 Å². The third kappa shape index (κ3) is 5.09. The molecule has 0 aromatic heterocycles. The Kier molecular flexibility index (Phi) is 6.40. The van der Waals surface area contributed by atoms with Crippen molar-refractivity contribution >= 4 is 23.2 Å². The lowest BCUT2D eigenvalue weighted by Crippen LogP contribution is -2.46. The summed E-state index contributed by atoms with van der Waals surface area (Å²) in [6, 6.07) is 22.7. The van der Waals surface area contributed by atoms with Gasteiger partial charge in [-0.05, 0) is 49.2 Å². The van der Waals surface area contributed by atoms with E-state index in [0.29, 0.717) is 30.3 Å². The fourth-order valence-electron chi connectivity index (χ4n) is 3.67. The summed E-state index contributed by atoms with van der Waals surface area (Å²) >= 11 is 0. The number of benzene rings is 3. The minimum Gasteiger partial charge on any atom is -0.492 e. The number of aryl methyl sites for hydroxylation is 1. The molecule has 6 heteroatoms. The van der Waals surface area contributed by atoms with Crippen LogP contribution in [0.5, 0.6) is 11.5 Å². The molecule has 1 N–H and O–H groups in total. The van der Waals surface area contributed by atoms with E-state index in [2.05, 4.69) is 5.32 Å². The minimum atomic E-state index is -0.614. The van der Waals surface area contributed by atoms with Gasteiger partial charge in [0, 0.05) is 11.8 Å². The van der Waals surface area contributed by atoms with E-state index < -0.39 is 6.10 Å². The van der Waals surface area contributed by atoms with Crippen molar-refractivity contribution in [2.45, 2.75) is 26.4 Å². The van der Waals surface area contributed by atoms with E-state index in [4.69, 9.17) is 9.47 Å². The first-order valence-electron chi connectivity index (χ1n) is 10.6. The molecule has 3 aromatic rings. The molecule has 1 atom stereocenters. The molecule has 6 nitrogen and oxygen atoms in total. The van der Waals surface area contributed by atoms with Gasteiger partial charge in [-0.1, -0.05) is 42.5 Å². The SMILES string of the molecule is Cc1cccc(OCCN2C(=O)C(C)Oc3cc(NC(=O)Cc4ccccc4)ccc32)c1. The Morgan fingerprint density at radius 3 is 2.66 bits per heavy atom. The van der Waals surface area contributed by atoms with Gasteiger partial charge in [0.2, 0.25) is 5.91 Å². The highest BCUT2D eigenvalue weighted by Crippen LogP contribution is 2.36. The van der Waals surface area contributed by atoms with Crippen molar-refractivity contribution in [2.75, 3.05) is 23.4 Å². The Bertz CT molecular complexity index is 1110. The van der Waals surface area contributed by atoms with Crippen molar-refractivity contribution in [2.24, 2.45) is 0 Å². The zero-order chi connectivity index (χ0) is 22.5. The predicted molar refractivity (Wildman–Crippen MR) is 124 cm³/mol. The second kappa shape index (κ2) is 9.56. The third-order valence-corrected chi connectivity index (χ3v) is 5.23. The highest BCUT2D eigenvalue weighted by Gasteiger charge is 2.31. The lowest BCUT2D eigenvalue weighted by atomic mass is 10.1. The van der Waals surface area contributed by atoms with E-state index in [0.717, 1.165) is 16.9 Å². The predicted octanol–water partition coefficient (Wildman–Crippen LogP) is 4.37. The van der Waals surface area contributed by atoms with E-state index in [9.17, 15) is 9.59 Å². The van der Waals surface area contributed by atoms with Gasteiger partial charge in [0.15, 0.2) is 6.10 Å². The van der Waals surface area contributed by atoms with E-state index >= 15 is 0 Å². The normalized spacial score (nSPS) is 15.0. The largest absolute Gasteiger partial charge is 0.492 e. The highest BCUT2D eigenvalue weighted by atomic mass is 16.5. The molecule has 0 fully saturated rings. The maximum Gasteiger partial charge on any atom is 0.267 e. The van der Waals surface area contributed by atoms with Crippen LogP contribution in [0.25, 0.3) is 0 Å². The second-order valence-corrected chi connectivity index (χ2v) is 7.81. The molecule has 3 aromatic carbocycles. The average molecular weight is 431 g/mol. The standard InChI is InChI=1S/C26H26N2O4/c1-18-7-6-10-22(15-18)31-14-13-28-23-12-11-21(17-24(23)32-19(2)26(28)30)27-25(29)16-20-8-4-3-5-9-20/h3-12,15,17,19H,13-14,16H2,1-2H3,(H,27,29). The van der Waals surface area contributed by atoms with Crippen molar-refractivity contribution in [3.8, 4) is 11.5 Å².